The molecule has 0 bridgehead atoms. The number of carbonyl (C=O) groups excluding carboxylic acids is 1. The van der Waals surface area contributed by atoms with E-state index in [1.54, 1.807) is 18.2 Å². The molecule has 1 aromatic carbocycles. The summed E-state index contributed by atoms with van der Waals surface area (Å²) in [4.78, 5) is 23.7. The number of rotatable bonds is 3. The van der Waals surface area contributed by atoms with E-state index in [1.807, 2.05) is 19.9 Å². The van der Waals surface area contributed by atoms with E-state index >= 15 is 0 Å². The molecule has 1 amide bonds. The molecule has 1 aromatic heterocycles. The second kappa shape index (κ2) is 7.58. The number of hydrogen-bond donors (Lipinski definition) is 1. The molecule has 2 heterocycles. The lowest BCUT2D eigenvalue weighted by molar-refractivity contribution is -0.120. The third kappa shape index (κ3) is 4.41. The highest BCUT2D eigenvalue weighted by atomic mass is 35.5. The Morgan fingerprint density at radius 2 is 1.76 bits per heavy atom. The molecule has 0 saturated carbocycles. The zero-order valence-corrected chi connectivity index (χ0v) is 15.7. The van der Waals surface area contributed by atoms with Crippen molar-refractivity contribution in [1.29, 1.82) is 0 Å². The molecule has 1 N–H and O–H groups in total. The minimum absolute atomic E-state index is 0.0230. The Kier molecular flexibility index (Phi) is 5.45. The van der Waals surface area contributed by atoms with E-state index in [-0.39, 0.29) is 11.8 Å². The molecule has 0 spiro atoms. The molecule has 0 unspecified atom stereocenters. The van der Waals surface area contributed by atoms with E-state index < -0.39 is 0 Å². The van der Waals surface area contributed by atoms with Gasteiger partial charge in [0.25, 0.3) is 0 Å². The lowest BCUT2D eigenvalue weighted by Gasteiger charge is -2.31. The van der Waals surface area contributed by atoms with Crippen LogP contribution in [0, 0.1) is 19.8 Å². The summed E-state index contributed by atoms with van der Waals surface area (Å²) in [5, 5.41) is 3.92. The number of amides is 1. The molecule has 25 heavy (non-hydrogen) atoms. The van der Waals surface area contributed by atoms with Crippen LogP contribution < -0.4 is 10.2 Å². The fraction of sp³-hybridized carbons (Fsp3) is 0.389. The molecule has 0 atom stereocenters. The molecular formula is C18H20Cl2N4O. The first-order valence-electron chi connectivity index (χ1n) is 8.25. The van der Waals surface area contributed by atoms with E-state index in [4.69, 9.17) is 23.2 Å². The van der Waals surface area contributed by atoms with Gasteiger partial charge in [-0.3, -0.25) is 4.79 Å². The Morgan fingerprint density at radius 1 is 1.12 bits per heavy atom. The summed E-state index contributed by atoms with van der Waals surface area (Å²) in [6.07, 6.45) is 1.50. The van der Waals surface area contributed by atoms with Crippen molar-refractivity contribution >= 4 is 40.7 Å². The van der Waals surface area contributed by atoms with Crippen LogP contribution in [-0.2, 0) is 4.79 Å². The molecule has 1 aliphatic heterocycles. The normalized spacial score (nSPS) is 15.3. The second-order valence-corrected chi connectivity index (χ2v) is 7.17. The Labute approximate surface area is 157 Å². The summed E-state index contributed by atoms with van der Waals surface area (Å²) in [5.41, 5.74) is 2.47. The predicted molar refractivity (Wildman–Crippen MR) is 102 cm³/mol. The number of piperidine rings is 1. The fourth-order valence-corrected chi connectivity index (χ4v) is 3.36. The van der Waals surface area contributed by atoms with Crippen LogP contribution in [0.5, 0.6) is 0 Å². The van der Waals surface area contributed by atoms with Gasteiger partial charge in [0.15, 0.2) is 0 Å². The van der Waals surface area contributed by atoms with E-state index in [2.05, 4.69) is 20.2 Å². The summed E-state index contributed by atoms with van der Waals surface area (Å²) >= 11 is 12.1. The maximum atomic E-state index is 12.5. The van der Waals surface area contributed by atoms with Gasteiger partial charge >= 0.3 is 0 Å². The van der Waals surface area contributed by atoms with Crippen molar-refractivity contribution in [2.75, 3.05) is 23.3 Å². The summed E-state index contributed by atoms with van der Waals surface area (Å²) < 4.78 is 0. The van der Waals surface area contributed by atoms with Gasteiger partial charge in [0.2, 0.25) is 11.9 Å². The van der Waals surface area contributed by atoms with Crippen LogP contribution in [0.3, 0.4) is 0 Å². The highest BCUT2D eigenvalue weighted by Gasteiger charge is 2.26. The SMILES string of the molecule is Cc1cc(C)nc(N2CCC(C(=O)Nc3cc(Cl)ccc3Cl)CC2)n1. The van der Waals surface area contributed by atoms with Crippen LogP contribution in [0.2, 0.25) is 10.0 Å². The van der Waals surface area contributed by atoms with Gasteiger partial charge < -0.3 is 10.2 Å². The predicted octanol–water partition coefficient (Wildman–Crippen LogP) is 4.26. The van der Waals surface area contributed by atoms with Crippen molar-refractivity contribution in [1.82, 2.24) is 9.97 Å². The molecule has 3 rings (SSSR count). The third-order valence-electron chi connectivity index (χ3n) is 4.31. The van der Waals surface area contributed by atoms with Gasteiger partial charge in [-0.25, -0.2) is 9.97 Å². The summed E-state index contributed by atoms with van der Waals surface area (Å²) in [7, 11) is 0. The maximum absolute atomic E-state index is 12.5. The number of hydrogen-bond acceptors (Lipinski definition) is 4. The van der Waals surface area contributed by atoms with Crippen molar-refractivity contribution < 1.29 is 4.79 Å². The molecule has 2 aromatic rings. The minimum Gasteiger partial charge on any atom is -0.341 e. The van der Waals surface area contributed by atoms with Gasteiger partial charge in [-0.1, -0.05) is 23.2 Å². The zero-order chi connectivity index (χ0) is 18.0. The topological polar surface area (TPSA) is 58.1 Å². The van der Waals surface area contributed by atoms with Gasteiger partial charge in [-0.05, 0) is 51.0 Å². The number of halogens is 2. The van der Waals surface area contributed by atoms with Crippen molar-refractivity contribution in [3.8, 4) is 0 Å². The zero-order valence-electron chi connectivity index (χ0n) is 14.2. The standard InChI is InChI=1S/C18H20Cl2N4O/c1-11-9-12(2)22-18(21-11)24-7-5-13(6-8-24)17(25)23-16-10-14(19)3-4-15(16)20/h3-4,9-10,13H,5-8H2,1-2H3,(H,23,25). The molecule has 1 saturated heterocycles. The average Bonchev–Trinajstić information content (AvgIpc) is 2.57. The molecule has 1 aliphatic rings. The van der Waals surface area contributed by atoms with Crippen LogP contribution in [0.15, 0.2) is 24.3 Å². The molecular weight excluding hydrogens is 359 g/mol. The van der Waals surface area contributed by atoms with Crippen LogP contribution in [0.1, 0.15) is 24.2 Å². The van der Waals surface area contributed by atoms with Crippen LogP contribution in [0.25, 0.3) is 0 Å². The maximum Gasteiger partial charge on any atom is 0.227 e. The second-order valence-electron chi connectivity index (χ2n) is 6.33. The first-order valence-corrected chi connectivity index (χ1v) is 9.01. The molecule has 7 heteroatoms. The van der Waals surface area contributed by atoms with Crippen LogP contribution in [-0.4, -0.2) is 29.0 Å². The molecule has 132 valence electrons. The average molecular weight is 379 g/mol. The number of nitrogens with one attached hydrogen (secondary N) is 1. The first-order chi connectivity index (χ1) is 11.9. The van der Waals surface area contributed by atoms with Gasteiger partial charge in [0.1, 0.15) is 0 Å². The summed E-state index contributed by atoms with van der Waals surface area (Å²) in [6.45, 7) is 5.44. The number of anilines is 2. The van der Waals surface area contributed by atoms with E-state index in [9.17, 15) is 4.79 Å². The van der Waals surface area contributed by atoms with Crippen LogP contribution in [0.4, 0.5) is 11.6 Å². The van der Waals surface area contributed by atoms with Crippen molar-refractivity contribution in [3.05, 3.63) is 45.7 Å². The number of nitrogens with zero attached hydrogens (tertiary/aromatic N) is 3. The Hall–Kier alpha value is -1.85. The molecule has 5 nitrogen and oxygen atoms in total. The Morgan fingerprint density at radius 3 is 2.40 bits per heavy atom. The van der Waals surface area contributed by atoms with Crippen LogP contribution >= 0.6 is 23.2 Å². The molecule has 0 aliphatic carbocycles. The highest BCUT2D eigenvalue weighted by Crippen LogP contribution is 2.28. The van der Waals surface area contributed by atoms with Gasteiger partial charge in [0, 0.05) is 35.4 Å². The van der Waals surface area contributed by atoms with Crippen molar-refractivity contribution in [3.63, 3.8) is 0 Å². The van der Waals surface area contributed by atoms with Crippen molar-refractivity contribution in [2.45, 2.75) is 26.7 Å². The Bertz CT molecular complexity index is 768. The quantitative estimate of drug-likeness (QED) is 0.866. The largest absolute Gasteiger partial charge is 0.341 e. The van der Waals surface area contributed by atoms with Gasteiger partial charge in [-0.2, -0.15) is 0 Å². The minimum atomic E-state index is -0.0581. The van der Waals surface area contributed by atoms with E-state index in [0.29, 0.717) is 15.7 Å². The number of aromatic nitrogens is 2. The summed E-state index contributed by atoms with van der Waals surface area (Å²) in [5.74, 6) is 0.664. The van der Waals surface area contributed by atoms with E-state index in [0.717, 1.165) is 43.3 Å². The molecule has 1 fully saturated rings. The Balaban J connectivity index is 1.61. The monoisotopic (exact) mass is 378 g/mol. The highest BCUT2D eigenvalue weighted by molar-refractivity contribution is 6.35. The fourth-order valence-electron chi connectivity index (χ4n) is 3.02. The smallest absolute Gasteiger partial charge is 0.227 e. The lowest BCUT2D eigenvalue weighted by atomic mass is 9.96. The number of carbonyl (C=O) groups is 1. The first kappa shape index (κ1) is 18.0. The van der Waals surface area contributed by atoms with E-state index in [1.165, 1.54) is 0 Å². The summed E-state index contributed by atoms with van der Waals surface area (Å²) in [6, 6.07) is 7.00. The third-order valence-corrected chi connectivity index (χ3v) is 4.87. The molecule has 0 radical (unpaired) electrons. The van der Waals surface area contributed by atoms with Crippen molar-refractivity contribution in [2.24, 2.45) is 5.92 Å². The number of aryl methyl sites for hydroxylation is 2. The number of benzene rings is 1. The van der Waals surface area contributed by atoms with Gasteiger partial charge in [-0.15, -0.1) is 0 Å². The lowest BCUT2D eigenvalue weighted by Crippen LogP contribution is -2.39. The van der Waals surface area contributed by atoms with Gasteiger partial charge in [0.05, 0.1) is 10.7 Å².